The number of aliphatic hydroxyl groups is 3. The summed E-state index contributed by atoms with van der Waals surface area (Å²) in [4.78, 5) is 0. The molecule has 30 heavy (non-hydrogen) atoms. The standard InChI is InChI=1S/C26H42O4/c1-17-20(15-21(27)16-24(17)28)9-8-19-7-6-12-26(5)22(10-11-23(19)26)18(2)30-14-13-25(3,4)29/h8-9,18,21-24,27-29H,1,6-7,10-16H2,2-5H3/b19-8+,20-9+/t18-,21+,22+,23?,24-,26+/m0/s1. The minimum absolute atomic E-state index is 0.198. The van der Waals surface area contributed by atoms with Crippen molar-refractivity contribution in [1.29, 1.82) is 0 Å². The summed E-state index contributed by atoms with van der Waals surface area (Å²) < 4.78 is 6.19. The third kappa shape index (κ3) is 5.27. The molecule has 1 unspecified atom stereocenters. The van der Waals surface area contributed by atoms with Crippen LogP contribution in [0.4, 0.5) is 0 Å². The number of hydrogen-bond donors (Lipinski definition) is 3. The Hall–Kier alpha value is -0.940. The maximum atomic E-state index is 10.1. The fourth-order valence-electron chi connectivity index (χ4n) is 6.13. The highest BCUT2D eigenvalue weighted by atomic mass is 16.5. The molecule has 0 saturated heterocycles. The van der Waals surface area contributed by atoms with Gasteiger partial charge in [-0.15, -0.1) is 0 Å². The van der Waals surface area contributed by atoms with Gasteiger partial charge in [0.15, 0.2) is 0 Å². The number of allylic oxidation sites excluding steroid dienone is 3. The molecule has 0 radical (unpaired) electrons. The van der Waals surface area contributed by atoms with Gasteiger partial charge in [-0.05, 0) is 94.1 Å². The molecule has 0 heterocycles. The van der Waals surface area contributed by atoms with Gasteiger partial charge in [-0.3, -0.25) is 0 Å². The maximum absolute atomic E-state index is 10.1. The monoisotopic (exact) mass is 418 g/mol. The van der Waals surface area contributed by atoms with E-state index in [-0.39, 0.29) is 11.5 Å². The molecular formula is C26H42O4. The predicted molar refractivity (Wildman–Crippen MR) is 121 cm³/mol. The number of fused-ring (bicyclic) bond motifs is 1. The molecule has 4 nitrogen and oxygen atoms in total. The molecule has 3 aliphatic carbocycles. The largest absolute Gasteiger partial charge is 0.393 e. The molecule has 3 N–H and O–H groups in total. The van der Waals surface area contributed by atoms with E-state index in [2.05, 4.69) is 32.6 Å². The Kier molecular flexibility index (Phi) is 7.33. The molecule has 0 aromatic rings. The summed E-state index contributed by atoms with van der Waals surface area (Å²) >= 11 is 0. The van der Waals surface area contributed by atoms with E-state index in [9.17, 15) is 15.3 Å². The molecule has 0 aliphatic heterocycles. The molecule has 3 rings (SSSR count). The lowest BCUT2D eigenvalue weighted by molar-refractivity contribution is -0.0454. The van der Waals surface area contributed by atoms with Crippen LogP contribution < -0.4 is 0 Å². The highest BCUT2D eigenvalue weighted by molar-refractivity contribution is 5.38. The van der Waals surface area contributed by atoms with Crippen molar-refractivity contribution in [3.05, 3.63) is 35.5 Å². The predicted octanol–water partition coefficient (Wildman–Crippen LogP) is 4.69. The highest BCUT2D eigenvalue weighted by Crippen LogP contribution is 2.58. The first-order valence-corrected chi connectivity index (χ1v) is 11.8. The van der Waals surface area contributed by atoms with Crippen molar-refractivity contribution in [2.45, 2.75) is 103 Å². The molecule has 0 spiro atoms. The van der Waals surface area contributed by atoms with Crippen LogP contribution in [0.25, 0.3) is 0 Å². The van der Waals surface area contributed by atoms with Crippen LogP contribution in [0.5, 0.6) is 0 Å². The van der Waals surface area contributed by atoms with Crippen molar-refractivity contribution in [2.75, 3.05) is 6.61 Å². The molecule has 3 aliphatic rings. The van der Waals surface area contributed by atoms with Crippen LogP contribution in [0, 0.1) is 17.3 Å². The summed E-state index contributed by atoms with van der Waals surface area (Å²) in [6, 6.07) is 0. The van der Waals surface area contributed by atoms with Crippen molar-refractivity contribution < 1.29 is 20.1 Å². The van der Waals surface area contributed by atoms with Gasteiger partial charge < -0.3 is 20.1 Å². The van der Waals surface area contributed by atoms with Gasteiger partial charge in [-0.1, -0.05) is 31.2 Å². The molecule has 170 valence electrons. The summed E-state index contributed by atoms with van der Waals surface area (Å²) in [6.45, 7) is 13.0. The van der Waals surface area contributed by atoms with E-state index in [1.165, 1.54) is 31.3 Å². The van der Waals surface area contributed by atoms with Crippen molar-refractivity contribution in [3.63, 3.8) is 0 Å². The number of ether oxygens (including phenoxy) is 1. The lowest BCUT2D eigenvalue weighted by atomic mass is 9.62. The summed E-state index contributed by atoms with van der Waals surface area (Å²) in [7, 11) is 0. The summed E-state index contributed by atoms with van der Waals surface area (Å²) in [5.41, 5.74) is 2.82. The smallest absolute Gasteiger partial charge is 0.0811 e. The van der Waals surface area contributed by atoms with Crippen LogP contribution >= 0.6 is 0 Å². The maximum Gasteiger partial charge on any atom is 0.0811 e. The van der Waals surface area contributed by atoms with Crippen LogP contribution in [0.1, 0.15) is 79.1 Å². The number of hydrogen-bond acceptors (Lipinski definition) is 4. The zero-order valence-electron chi connectivity index (χ0n) is 19.4. The lowest BCUT2D eigenvalue weighted by Gasteiger charge is -2.44. The second kappa shape index (κ2) is 9.28. The van der Waals surface area contributed by atoms with E-state index in [4.69, 9.17) is 4.74 Å². The van der Waals surface area contributed by atoms with Gasteiger partial charge in [0, 0.05) is 13.0 Å². The minimum atomic E-state index is -0.680. The van der Waals surface area contributed by atoms with Gasteiger partial charge >= 0.3 is 0 Å². The normalized spacial score (nSPS) is 38.8. The van der Waals surface area contributed by atoms with Crippen molar-refractivity contribution in [2.24, 2.45) is 17.3 Å². The average Bonchev–Trinajstić information content (AvgIpc) is 3.00. The molecule has 6 atom stereocenters. The van der Waals surface area contributed by atoms with Crippen molar-refractivity contribution >= 4 is 0 Å². The summed E-state index contributed by atoms with van der Waals surface area (Å²) in [5.74, 6) is 1.11. The Morgan fingerprint density at radius 1 is 1.27 bits per heavy atom. The molecular weight excluding hydrogens is 376 g/mol. The SMILES string of the molecule is C=C1/C(=C/C=C2\CCC[C@@]3(C)C2CC[C@@H]3[C@H](C)OCCC(C)(C)O)C[C@@H](O)C[C@@H]1O. The van der Waals surface area contributed by atoms with E-state index in [0.717, 1.165) is 17.6 Å². The lowest BCUT2D eigenvalue weighted by Crippen LogP contribution is -2.39. The third-order valence-electron chi connectivity index (χ3n) is 7.96. The Labute approximate surface area is 182 Å². The zero-order chi connectivity index (χ0) is 22.1. The van der Waals surface area contributed by atoms with E-state index >= 15 is 0 Å². The van der Waals surface area contributed by atoms with E-state index < -0.39 is 17.8 Å². The molecule has 3 saturated carbocycles. The second-order valence-electron chi connectivity index (χ2n) is 10.8. The van der Waals surface area contributed by atoms with Crippen LogP contribution in [-0.2, 0) is 4.74 Å². The second-order valence-corrected chi connectivity index (χ2v) is 10.8. The molecule has 3 fully saturated rings. The fourth-order valence-corrected chi connectivity index (χ4v) is 6.13. The Bertz CT molecular complexity index is 686. The third-order valence-corrected chi connectivity index (χ3v) is 7.96. The van der Waals surface area contributed by atoms with Gasteiger partial charge in [0.1, 0.15) is 0 Å². The van der Waals surface area contributed by atoms with Gasteiger partial charge in [-0.2, -0.15) is 0 Å². The molecule has 0 bridgehead atoms. The first kappa shape index (κ1) is 23.7. The van der Waals surface area contributed by atoms with E-state index in [1.807, 2.05) is 13.8 Å². The van der Waals surface area contributed by atoms with Gasteiger partial charge in [0.05, 0.1) is 23.9 Å². The van der Waals surface area contributed by atoms with Crippen LogP contribution in [-0.4, -0.2) is 45.8 Å². The number of aliphatic hydroxyl groups excluding tert-OH is 2. The Morgan fingerprint density at radius 3 is 2.70 bits per heavy atom. The number of rotatable bonds is 6. The van der Waals surface area contributed by atoms with Crippen molar-refractivity contribution in [3.8, 4) is 0 Å². The summed E-state index contributed by atoms with van der Waals surface area (Å²) in [6.07, 6.45) is 11.0. The van der Waals surface area contributed by atoms with Crippen LogP contribution in [0.15, 0.2) is 35.5 Å². The zero-order valence-corrected chi connectivity index (χ0v) is 19.4. The van der Waals surface area contributed by atoms with Crippen molar-refractivity contribution in [1.82, 2.24) is 0 Å². The average molecular weight is 419 g/mol. The van der Waals surface area contributed by atoms with E-state index in [1.54, 1.807) is 0 Å². The minimum Gasteiger partial charge on any atom is -0.393 e. The van der Waals surface area contributed by atoms with Crippen LogP contribution in [0.2, 0.25) is 0 Å². The van der Waals surface area contributed by atoms with Gasteiger partial charge in [-0.25, -0.2) is 0 Å². The molecule has 0 aromatic carbocycles. The molecule has 0 aromatic heterocycles. The van der Waals surface area contributed by atoms with E-state index in [0.29, 0.717) is 37.7 Å². The first-order chi connectivity index (χ1) is 14.0. The van der Waals surface area contributed by atoms with Gasteiger partial charge in [0.25, 0.3) is 0 Å². The fraction of sp³-hybridized carbons (Fsp3) is 0.769. The Morgan fingerprint density at radius 2 is 2.00 bits per heavy atom. The van der Waals surface area contributed by atoms with Crippen LogP contribution in [0.3, 0.4) is 0 Å². The quantitative estimate of drug-likeness (QED) is 0.585. The molecule has 4 heteroatoms. The van der Waals surface area contributed by atoms with Gasteiger partial charge in [0.2, 0.25) is 0 Å². The first-order valence-electron chi connectivity index (χ1n) is 11.8. The highest BCUT2D eigenvalue weighted by Gasteiger charge is 2.51. The topological polar surface area (TPSA) is 69.9 Å². The Balaban J connectivity index is 1.70. The summed E-state index contributed by atoms with van der Waals surface area (Å²) in [5, 5.41) is 30.1. The molecule has 0 amide bonds.